The Morgan fingerprint density at radius 3 is 2.88 bits per heavy atom. The van der Waals surface area contributed by atoms with Crippen LogP contribution in [-0.2, 0) is 20.9 Å². The molecule has 1 amide bonds. The van der Waals surface area contributed by atoms with Gasteiger partial charge in [-0.05, 0) is 41.7 Å². The maximum Gasteiger partial charge on any atom is 0.251 e. The van der Waals surface area contributed by atoms with Crippen LogP contribution in [0.4, 0.5) is 5.82 Å². The molecule has 6 nitrogen and oxygen atoms in total. The maximum absolute atomic E-state index is 11.6. The van der Waals surface area contributed by atoms with Gasteiger partial charge in [-0.2, -0.15) is 0 Å². The molecular weight excluding hydrogens is 318 g/mol. The molecule has 1 aliphatic rings. The summed E-state index contributed by atoms with van der Waals surface area (Å²) in [5.41, 5.74) is 9.48. The van der Waals surface area contributed by atoms with Gasteiger partial charge in [-0.15, -0.1) is 0 Å². The first-order valence-corrected chi connectivity index (χ1v) is 8.37. The van der Waals surface area contributed by atoms with Gasteiger partial charge in [-0.3, -0.25) is 4.79 Å². The monoisotopic (exact) mass is 341 g/mol. The first kappa shape index (κ1) is 17.5. The number of nitrogens with one attached hydrogen (secondary N) is 1. The van der Waals surface area contributed by atoms with Crippen molar-refractivity contribution in [1.82, 2.24) is 4.98 Å². The highest BCUT2D eigenvalue weighted by atomic mass is 16.5. The Labute approximate surface area is 147 Å². The van der Waals surface area contributed by atoms with Gasteiger partial charge in [0.25, 0.3) is 5.91 Å². The summed E-state index contributed by atoms with van der Waals surface area (Å²) in [5, 5.41) is 2.70. The molecule has 2 aromatic rings. The highest BCUT2D eigenvalue weighted by molar-refractivity contribution is 5.90. The van der Waals surface area contributed by atoms with Gasteiger partial charge in [0.1, 0.15) is 12.4 Å². The normalized spacial score (nSPS) is 19.3. The number of carbonyl (C=O) groups excluding carboxylic acids is 1. The van der Waals surface area contributed by atoms with Crippen molar-refractivity contribution >= 4 is 11.7 Å². The lowest BCUT2D eigenvalue weighted by Crippen LogP contribution is -2.21. The van der Waals surface area contributed by atoms with Crippen LogP contribution in [-0.4, -0.2) is 24.6 Å². The number of aromatic nitrogens is 1. The van der Waals surface area contributed by atoms with Crippen LogP contribution in [0.5, 0.6) is 0 Å². The van der Waals surface area contributed by atoms with Crippen molar-refractivity contribution in [3.8, 4) is 0 Å². The zero-order valence-corrected chi connectivity index (χ0v) is 14.3. The fraction of sp³-hybridized carbons (Fsp3) is 0.368. The van der Waals surface area contributed by atoms with Crippen molar-refractivity contribution in [3.63, 3.8) is 0 Å². The van der Waals surface area contributed by atoms with E-state index in [1.54, 1.807) is 6.20 Å². The molecule has 0 unspecified atom stereocenters. The molecule has 3 rings (SSSR count). The predicted octanol–water partition coefficient (Wildman–Crippen LogP) is 2.72. The lowest BCUT2D eigenvalue weighted by molar-refractivity contribution is -0.119. The smallest absolute Gasteiger partial charge is 0.251 e. The molecule has 25 heavy (non-hydrogen) atoms. The molecule has 1 aliphatic carbocycles. The number of methoxy groups -OCH3 is 1. The van der Waals surface area contributed by atoms with Gasteiger partial charge in [-0.25, -0.2) is 4.98 Å². The standard InChI is InChI=1S/C19H23N3O3/c1-24-12-19(23)22-18-10-13(8-9-21-18)11-25-17-7-6-16(20)14-4-2-3-5-15(14)17/h2-5,8-10,16-17H,6-7,11-12,20H2,1H3,(H,21,22,23)/t16-,17+/m0/s1. The minimum atomic E-state index is -0.233. The number of ether oxygens (including phenoxy) is 2. The molecule has 1 aromatic heterocycles. The summed E-state index contributed by atoms with van der Waals surface area (Å²) in [6, 6.07) is 12.0. The van der Waals surface area contributed by atoms with Crippen molar-refractivity contribution in [3.05, 3.63) is 59.3 Å². The molecule has 0 saturated carbocycles. The highest BCUT2D eigenvalue weighted by Gasteiger charge is 2.25. The van der Waals surface area contributed by atoms with Crippen molar-refractivity contribution < 1.29 is 14.3 Å². The van der Waals surface area contributed by atoms with E-state index in [4.69, 9.17) is 15.2 Å². The summed E-state index contributed by atoms with van der Waals surface area (Å²) in [4.78, 5) is 15.7. The molecule has 2 atom stereocenters. The molecule has 0 bridgehead atoms. The molecule has 6 heteroatoms. The zero-order valence-electron chi connectivity index (χ0n) is 14.3. The molecule has 0 aliphatic heterocycles. The van der Waals surface area contributed by atoms with Gasteiger partial charge < -0.3 is 20.5 Å². The van der Waals surface area contributed by atoms with Gasteiger partial charge in [0.05, 0.1) is 12.7 Å². The summed E-state index contributed by atoms with van der Waals surface area (Å²) in [6.07, 6.45) is 3.51. The fourth-order valence-corrected chi connectivity index (χ4v) is 3.10. The number of anilines is 1. The second kappa shape index (κ2) is 8.20. The van der Waals surface area contributed by atoms with E-state index in [1.165, 1.54) is 18.2 Å². The average Bonchev–Trinajstić information content (AvgIpc) is 2.62. The number of pyridine rings is 1. The van der Waals surface area contributed by atoms with Crippen LogP contribution in [0.2, 0.25) is 0 Å². The van der Waals surface area contributed by atoms with Crippen LogP contribution < -0.4 is 11.1 Å². The average molecular weight is 341 g/mol. The number of amides is 1. The molecule has 3 N–H and O–H groups in total. The van der Waals surface area contributed by atoms with E-state index in [9.17, 15) is 4.79 Å². The van der Waals surface area contributed by atoms with E-state index in [0.29, 0.717) is 12.4 Å². The molecule has 1 aromatic carbocycles. The topological polar surface area (TPSA) is 86.5 Å². The minimum Gasteiger partial charge on any atom is -0.375 e. The molecule has 132 valence electrons. The van der Waals surface area contributed by atoms with Gasteiger partial charge in [-0.1, -0.05) is 24.3 Å². The Morgan fingerprint density at radius 1 is 1.28 bits per heavy atom. The van der Waals surface area contributed by atoms with Gasteiger partial charge in [0.15, 0.2) is 0 Å². The number of carbonyl (C=O) groups is 1. The second-order valence-corrected chi connectivity index (χ2v) is 6.14. The Bertz CT molecular complexity index is 735. The molecular formula is C19H23N3O3. The van der Waals surface area contributed by atoms with Crippen LogP contribution in [0.3, 0.4) is 0 Å². The summed E-state index contributed by atoms with van der Waals surface area (Å²) in [7, 11) is 1.48. The Hall–Kier alpha value is -2.28. The van der Waals surface area contributed by atoms with E-state index in [1.807, 2.05) is 24.3 Å². The van der Waals surface area contributed by atoms with Crippen LogP contribution in [0, 0.1) is 0 Å². The first-order valence-electron chi connectivity index (χ1n) is 8.37. The lowest BCUT2D eigenvalue weighted by Gasteiger charge is -2.29. The summed E-state index contributed by atoms with van der Waals surface area (Å²) < 4.78 is 10.9. The number of nitrogens with two attached hydrogens (primary N) is 1. The zero-order chi connectivity index (χ0) is 17.6. The SMILES string of the molecule is COCC(=O)Nc1cc(CO[C@@H]2CC[C@H](N)c3ccccc32)ccn1. The van der Waals surface area contributed by atoms with Crippen LogP contribution >= 0.6 is 0 Å². The van der Waals surface area contributed by atoms with E-state index in [2.05, 4.69) is 22.4 Å². The third-order valence-electron chi connectivity index (χ3n) is 4.30. The summed E-state index contributed by atoms with van der Waals surface area (Å²) in [6.45, 7) is 0.450. The number of nitrogens with zero attached hydrogens (tertiary/aromatic N) is 1. The van der Waals surface area contributed by atoms with Crippen molar-refractivity contribution in [2.45, 2.75) is 31.6 Å². The highest BCUT2D eigenvalue weighted by Crippen LogP contribution is 2.37. The van der Waals surface area contributed by atoms with E-state index >= 15 is 0 Å². The van der Waals surface area contributed by atoms with Crippen LogP contribution in [0.15, 0.2) is 42.6 Å². The number of rotatable bonds is 6. The van der Waals surface area contributed by atoms with Gasteiger partial charge in [0.2, 0.25) is 0 Å². The molecule has 1 heterocycles. The van der Waals surface area contributed by atoms with Crippen molar-refractivity contribution in [1.29, 1.82) is 0 Å². The fourth-order valence-electron chi connectivity index (χ4n) is 3.10. The Kier molecular flexibility index (Phi) is 5.75. The minimum absolute atomic E-state index is 0.00151. The largest absolute Gasteiger partial charge is 0.375 e. The number of hydrogen-bond acceptors (Lipinski definition) is 5. The van der Waals surface area contributed by atoms with Crippen molar-refractivity contribution in [2.75, 3.05) is 19.0 Å². The van der Waals surface area contributed by atoms with Crippen LogP contribution in [0.25, 0.3) is 0 Å². The van der Waals surface area contributed by atoms with E-state index < -0.39 is 0 Å². The third-order valence-corrected chi connectivity index (χ3v) is 4.30. The maximum atomic E-state index is 11.6. The Balaban J connectivity index is 1.64. The van der Waals surface area contributed by atoms with Gasteiger partial charge in [0, 0.05) is 19.3 Å². The predicted molar refractivity (Wildman–Crippen MR) is 94.9 cm³/mol. The van der Waals surface area contributed by atoms with Crippen molar-refractivity contribution in [2.24, 2.45) is 5.73 Å². The molecule has 0 radical (unpaired) electrons. The molecule has 0 fully saturated rings. The second-order valence-electron chi connectivity index (χ2n) is 6.14. The quantitative estimate of drug-likeness (QED) is 0.844. The number of hydrogen-bond donors (Lipinski definition) is 2. The molecule has 0 saturated heterocycles. The number of benzene rings is 1. The third kappa shape index (κ3) is 4.42. The van der Waals surface area contributed by atoms with E-state index in [0.717, 1.165) is 18.4 Å². The summed E-state index contributed by atoms with van der Waals surface area (Å²) >= 11 is 0. The summed E-state index contributed by atoms with van der Waals surface area (Å²) in [5.74, 6) is 0.262. The van der Waals surface area contributed by atoms with E-state index in [-0.39, 0.29) is 24.7 Å². The van der Waals surface area contributed by atoms with Crippen LogP contribution in [0.1, 0.15) is 41.7 Å². The lowest BCUT2D eigenvalue weighted by atomic mass is 9.86. The first-order chi connectivity index (χ1) is 12.2. The number of fused-ring (bicyclic) bond motifs is 1. The molecule has 0 spiro atoms. The Morgan fingerprint density at radius 2 is 2.08 bits per heavy atom. The van der Waals surface area contributed by atoms with Gasteiger partial charge >= 0.3 is 0 Å².